The summed E-state index contributed by atoms with van der Waals surface area (Å²) < 4.78 is 24.0. The van der Waals surface area contributed by atoms with Crippen LogP contribution in [-0.4, -0.2) is 59.8 Å². The molecule has 1 saturated carbocycles. The molecule has 3 aromatic heterocycles. The summed E-state index contributed by atoms with van der Waals surface area (Å²) >= 11 is 0. The number of aromatic nitrogens is 3. The fourth-order valence-electron chi connectivity index (χ4n) is 5.23. The van der Waals surface area contributed by atoms with Crippen LogP contribution in [0.1, 0.15) is 34.5 Å². The molecule has 1 aliphatic heterocycles. The van der Waals surface area contributed by atoms with E-state index in [-0.39, 0.29) is 34.4 Å². The predicted molar refractivity (Wildman–Crippen MR) is 148 cm³/mol. The number of nitrogens with one attached hydrogen (secondary N) is 1. The molecule has 1 atom stereocenters. The van der Waals surface area contributed by atoms with Gasteiger partial charge in [-0.15, -0.1) is 0 Å². The van der Waals surface area contributed by atoms with Gasteiger partial charge in [-0.05, 0) is 67.8 Å². The normalized spacial score (nSPS) is 18.0. The number of aliphatic hydroxyl groups excluding tert-OH is 1. The van der Waals surface area contributed by atoms with Gasteiger partial charge in [-0.2, -0.15) is 0 Å². The molecule has 1 spiro atoms. The number of hydrogen-bond donors (Lipinski definition) is 2. The zero-order valence-corrected chi connectivity index (χ0v) is 22.6. The molecule has 200 valence electrons. The Morgan fingerprint density at radius 3 is 2.64 bits per heavy atom. The van der Waals surface area contributed by atoms with Crippen molar-refractivity contribution in [3.63, 3.8) is 0 Å². The van der Waals surface area contributed by atoms with E-state index in [1.807, 2.05) is 36.4 Å². The molecule has 39 heavy (non-hydrogen) atoms. The van der Waals surface area contributed by atoms with Gasteiger partial charge in [0.25, 0.3) is 5.91 Å². The summed E-state index contributed by atoms with van der Waals surface area (Å²) in [4.78, 5) is 29.1. The van der Waals surface area contributed by atoms with E-state index in [1.165, 1.54) is 6.07 Å². The molecular formula is C29H29N5O4S. The Balaban J connectivity index is 1.20. The van der Waals surface area contributed by atoms with Crippen molar-refractivity contribution in [1.29, 1.82) is 0 Å². The second-order valence-corrected chi connectivity index (χ2v) is 12.6. The minimum Gasteiger partial charge on any atom is -0.391 e. The first-order valence-corrected chi connectivity index (χ1v) is 14.8. The second-order valence-electron chi connectivity index (χ2n) is 10.6. The number of benzene rings is 1. The SMILES string of the molecule is Cc1ccc(C(=O)NCc2cc3nc(-c4cccc(N5CC(O)C6(CC6)C5)n4)ccc3cn2)cc1S(C)(=O)=O. The molecule has 1 aliphatic carbocycles. The number of rotatable bonds is 6. The molecule has 10 heteroatoms. The lowest BCUT2D eigenvalue weighted by atomic mass is 10.0. The van der Waals surface area contributed by atoms with Gasteiger partial charge in [0, 0.05) is 41.9 Å². The molecule has 1 saturated heterocycles. The van der Waals surface area contributed by atoms with Crippen molar-refractivity contribution in [1.82, 2.24) is 20.3 Å². The largest absolute Gasteiger partial charge is 0.391 e. The van der Waals surface area contributed by atoms with Gasteiger partial charge in [-0.1, -0.05) is 12.1 Å². The molecule has 2 N–H and O–H groups in total. The second kappa shape index (κ2) is 9.39. The number of fused-ring (bicyclic) bond motifs is 1. The van der Waals surface area contributed by atoms with Gasteiger partial charge in [-0.25, -0.2) is 18.4 Å². The van der Waals surface area contributed by atoms with E-state index in [4.69, 9.17) is 9.97 Å². The Kier molecular flexibility index (Phi) is 6.11. The highest BCUT2D eigenvalue weighted by atomic mass is 32.2. The first-order valence-electron chi connectivity index (χ1n) is 12.9. The molecule has 2 aliphatic rings. The van der Waals surface area contributed by atoms with Crippen LogP contribution in [0.15, 0.2) is 65.7 Å². The van der Waals surface area contributed by atoms with Crippen molar-refractivity contribution in [3.8, 4) is 11.4 Å². The monoisotopic (exact) mass is 543 g/mol. The molecular weight excluding hydrogens is 514 g/mol. The Hall–Kier alpha value is -3.89. The molecule has 4 heterocycles. The standard InChI is InChI=1S/C29H29N5O4S/c1-18-6-7-19(12-25(18)39(2,37)38)28(36)31-15-21-13-24-20(14-30-21)8-9-23(32-24)22-4-3-5-27(33-22)34-16-26(35)29(17-34)10-11-29/h3-9,12-14,26,35H,10-11,15-17H2,1-2H3,(H,31,36). The van der Waals surface area contributed by atoms with Gasteiger partial charge in [0.2, 0.25) is 0 Å². The van der Waals surface area contributed by atoms with Crippen LogP contribution in [0.2, 0.25) is 0 Å². The zero-order chi connectivity index (χ0) is 27.4. The smallest absolute Gasteiger partial charge is 0.251 e. The highest BCUT2D eigenvalue weighted by Gasteiger charge is 2.54. The Morgan fingerprint density at radius 2 is 1.90 bits per heavy atom. The average molecular weight is 544 g/mol. The maximum atomic E-state index is 12.7. The third-order valence-electron chi connectivity index (χ3n) is 7.73. The molecule has 1 amide bonds. The van der Waals surface area contributed by atoms with Crippen LogP contribution in [0.5, 0.6) is 0 Å². The molecule has 1 unspecified atom stereocenters. The van der Waals surface area contributed by atoms with Crippen LogP contribution < -0.4 is 10.2 Å². The van der Waals surface area contributed by atoms with Crippen LogP contribution in [0, 0.1) is 12.3 Å². The predicted octanol–water partition coefficient (Wildman–Crippen LogP) is 3.29. The van der Waals surface area contributed by atoms with Crippen LogP contribution in [0.25, 0.3) is 22.3 Å². The first kappa shape index (κ1) is 25.4. The van der Waals surface area contributed by atoms with Crippen molar-refractivity contribution in [3.05, 3.63) is 77.6 Å². The van der Waals surface area contributed by atoms with E-state index in [9.17, 15) is 18.3 Å². The Bertz CT molecular complexity index is 1720. The molecule has 2 fully saturated rings. The molecule has 0 radical (unpaired) electrons. The summed E-state index contributed by atoms with van der Waals surface area (Å²) in [6, 6.07) is 16.2. The van der Waals surface area contributed by atoms with E-state index in [2.05, 4.69) is 15.2 Å². The fourth-order valence-corrected chi connectivity index (χ4v) is 6.23. The van der Waals surface area contributed by atoms with Gasteiger partial charge in [0.05, 0.1) is 40.1 Å². The van der Waals surface area contributed by atoms with Crippen molar-refractivity contribution in [2.24, 2.45) is 5.41 Å². The molecule has 6 rings (SSSR count). The number of carbonyl (C=O) groups excluding carboxylic acids is 1. The Morgan fingerprint density at radius 1 is 1.10 bits per heavy atom. The summed E-state index contributed by atoms with van der Waals surface area (Å²) in [5.74, 6) is 0.454. The van der Waals surface area contributed by atoms with Crippen LogP contribution in [0.3, 0.4) is 0 Å². The molecule has 4 aromatic rings. The zero-order valence-electron chi connectivity index (χ0n) is 21.8. The number of anilines is 1. The number of carbonyl (C=O) groups is 1. The van der Waals surface area contributed by atoms with E-state index in [1.54, 1.807) is 25.3 Å². The maximum absolute atomic E-state index is 12.7. The molecule has 0 bridgehead atoms. The number of hydrogen-bond acceptors (Lipinski definition) is 8. The highest BCUT2D eigenvalue weighted by molar-refractivity contribution is 7.90. The van der Waals surface area contributed by atoms with E-state index in [0.29, 0.717) is 17.8 Å². The minimum absolute atomic E-state index is 0.0488. The van der Waals surface area contributed by atoms with Gasteiger partial charge < -0.3 is 15.3 Å². The first-order chi connectivity index (χ1) is 18.6. The average Bonchev–Trinajstić information content (AvgIpc) is 3.63. The van der Waals surface area contributed by atoms with E-state index in [0.717, 1.165) is 53.8 Å². The number of nitrogens with zero attached hydrogens (tertiary/aromatic N) is 4. The Labute approximate surface area is 226 Å². The lowest BCUT2D eigenvalue weighted by molar-refractivity contribution is 0.0950. The van der Waals surface area contributed by atoms with Crippen LogP contribution in [-0.2, 0) is 16.4 Å². The highest BCUT2D eigenvalue weighted by Crippen LogP contribution is 2.53. The van der Waals surface area contributed by atoms with Crippen molar-refractivity contribution in [2.75, 3.05) is 24.2 Å². The summed E-state index contributed by atoms with van der Waals surface area (Å²) in [6.45, 7) is 3.29. The third-order valence-corrected chi connectivity index (χ3v) is 8.97. The number of β-amino-alcohol motifs (C(OH)–C–C–N with tert-alkyl or cyclic N) is 1. The van der Waals surface area contributed by atoms with Crippen molar-refractivity contribution >= 4 is 32.5 Å². The van der Waals surface area contributed by atoms with Crippen LogP contribution in [0.4, 0.5) is 5.82 Å². The lowest BCUT2D eigenvalue weighted by Crippen LogP contribution is -2.23. The fraction of sp³-hybridized carbons (Fsp3) is 0.310. The van der Waals surface area contributed by atoms with Gasteiger partial charge in [0.15, 0.2) is 9.84 Å². The number of pyridine rings is 3. The summed E-state index contributed by atoms with van der Waals surface area (Å²) in [7, 11) is -3.44. The number of aliphatic hydroxyl groups is 1. The minimum atomic E-state index is -3.44. The quantitative estimate of drug-likeness (QED) is 0.380. The van der Waals surface area contributed by atoms with Crippen molar-refractivity contribution < 1.29 is 18.3 Å². The molecule has 1 aromatic carbocycles. The number of sulfone groups is 1. The van der Waals surface area contributed by atoms with Gasteiger partial charge in [-0.3, -0.25) is 9.78 Å². The summed E-state index contributed by atoms with van der Waals surface area (Å²) in [5, 5.41) is 14.1. The molecule has 9 nitrogen and oxygen atoms in total. The summed E-state index contributed by atoms with van der Waals surface area (Å²) in [6.07, 6.45) is 4.68. The maximum Gasteiger partial charge on any atom is 0.251 e. The number of amides is 1. The van der Waals surface area contributed by atoms with E-state index >= 15 is 0 Å². The van der Waals surface area contributed by atoms with Crippen molar-refractivity contribution in [2.45, 2.75) is 37.3 Å². The van der Waals surface area contributed by atoms with E-state index < -0.39 is 9.84 Å². The van der Waals surface area contributed by atoms with Gasteiger partial charge in [0.1, 0.15) is 5.82 Å². The van der Waals surface area contributed by atoms with Crippen LogP contribution >= 0.6 is 0 Å². The third kappa shape index (κ3) is 4.97. The summed E-state index contributed by atoms with van der Waals surface area (Å²) in [5.41, 5.74) is 3.73. The number of aryl methyl sites for hydroxylation is 1. The topological polar surface area (TPSA) is 125 Å². The van der Waals surface area contributed by atoms with Gasteiger partial charge >= 0.3 is 0 Å². The lowest BCUT2D eigenvalue weighted by Gasteiger charge is -2.17.